The van der Waals surface area contributed by atoms with Gasteiger partial charge in [0.1, 0.15) is 0 Å². The Morgan fingerprint density at radius 2 is 1.17 bits per heavy atom. The molecule has 0 bridgehead atoms. The van der Waals surface area contributed by atoms with Crippen molar-refractivity contribution in [1.82, 2.24) is 0 Å². The van der Waals surface area contributed by atoms with E-state index >= 15 is 0 Å². The van der Waals surface area contributed by atoms with E-state index < -0.39 is 0 Å². The maximum atomic E-state index is 0. The molecule has 0 nitrogen and oxygen atoms in total. The van der Waals surface area contributed by atoms with E-state index in [1.54, 1.807) is 0 Å². The Labute approximate surface area is 115 Å². The molecule has 0 atom stereocenters. The summed E-state index contributed by atoms with van der Waals surface area (Å²) in [5.41, 5.74) is 0. The zero-order valence-corrected chi connectivity index (χ0v) is 10.9. The number of hydrogen-bond donors (Lipinski definition) is 0. The zero-order valence-electron chi connectivity index (χ0n) is 4.77. The number of hydrogen-bond acceptors (Lipinski definition) is 0. The largest absolute Gasteiger partial charge is 2.00 e. The SMILES string of the molecule is [Be+2].[Cu].[H-].[H-].[Nb].[Ni].[Ti].[Zr]. The average molecular weight is 365 g/mol. The molecule has 0 amide bonds. The van der Waals surface area contributed by atoms with Gasteiger partial charge < -0.3 is 2.85 Å². The van der Waals surface area contributed by atoms with Crippen LogP contribution in [0.5, 0.6) is 0 Å². The molecular weight excluding hydrogens is 363 g/mol. The normalized spacial score (nSPS) is 0. The molecule has 6 heteroatoms. The van der Waals surface area contributed by atoms with Gasteiger partial charge in [0.05, 0.1) is 0 Å². The van der Waals surface area contributed by atoms with Crippen LogP contribution in [0.1, 0.15) is 2.85 Å². The molecule has 0 spiro atoms. The smallest absolute Gasteiger partial charge is 1.00 e. The van der Waals surface area contributed by atoms with E-state index in [1.165, 1.54) is 0 Å². The van der Waals surface area contributed by atoms with Gasteiger partial charge >= 0.3 is 10.1 Å². The Balaban J connectivity index is 0. The van der Waals surface area contributed by atoms with Crippen molar-refractivity contribution >= 4 is 10.1 Å². The van der Waals surface area contributed by atoms with Gasteiger partial charge in [-0.15, -0.1) is 0 Å². The Bertz CT molecular complexity index is 22.0. The third-order valence-electron chi connectivity index (χ3n) is 0. The summed E-state index contributed by atoms with van der Waals surface area (Å²) in [4.78, 5) is 0. The second kappa shape index (κ2) is 38.9. The Morgan fingerprint density at radius 1 is 1.17 bits per heavy atom. The summed E-state index contributed by atoms with van der Waals surface area (Å²) < 4.78 is 0. The van der Waals surface area contributed by atoms with E-state index in [2.05, 4.69) is 0 Å². The molecule has 0 N–H and O–H groups in total. The Kier molecular flexibility index (Phi) is 362. The molecule has 0 heterocycles. The van der Waals surface area contributed by atoms with Crippen LogP contribution in [0.25, 0.3) is 0 Å². The molecule has 0 aliphatic carbocycles. The average Bonchev–Trinajstić information content (AvgIpc) is 0. The first-order chi connectivity index (χ1) is 0. The van der Waals surface area contributed by atoms with E-state index in [-0.39, 0.29) is 117 Å². The second-order valence-electron chi connectivity index (χ2n) is 0. The molecule has 0 rings (SSSR count). The molecule has 38 valence electrons. The van der Waals surface area contributed by atoms with Crippen molar-refractivity contribution in [3.8, 4) is 0 Å². The van der Waals surface area contributed by atoms with Gasteiger partial charge in [-0.1, -0.05) is 0 Å². The maximum Gasteiger partial charge on any atom is 2.00 e. The van der Waals surface area contributed by atoms with Gasteiger partial charge in [0, 0.05) is 104 Å². The van der Waals surface area contributed by atoms with E-state index in [4.69, 9.17) is 0 Å². The van der Waals surface area contributed by atoms with E-state index in [1.807, 2.05) is 0 Å². The zero-order chi connectivity index (χ0) is 0. The molecule has 0 aromatic rings. The van der Waals surface area contributed by atoms with Crippen molar-refractivity contribution in [2.45, 2.75) is 0 Å². The van der Waals surface area contributed by atoms with Crippen molar-refractivity contribution in [2.24, 2.45) is 0 Å². The van der Waals surface area contributed by atoms with Crippen molar-refractivity contribution in [1.29, 1.82) is 0 Å². The van der Waals surface area contributed by atoms with E-state index in [0.717, 1.165) is 0 Å². The van der Waals surface area contributed by atoms with Crippen molar-refractivity contribution < 1.29 is 107 Å². The molecule has 0 unspecified atom stereocenters. The van der Waals surface area contributed by atoms with Gasteiger partial charge in [-0.3, -0.25) is 0 Å². The minimum atomic E-state index is 0. The van der Waals surface area contributed by atoms with Crippen LogP contribution >= 0.6 is 0 Å². The Hall–Kier alpha value is 3.52. The third kappa shape index (κ3) is 25.8. The molecule has 2 radical (unpaired) electrons. The first-order valence-corrected chi connectivity index (χ1v) is 0. The quantitative estimate of drug-likeness (QED) is 0.523. The van der Waals surface area contributed by atoms with Crippen LogP contribution in [-0.2, 0) is 104 Å². The predicted molar refractivity (Wildman–Crippen MR) is 7.98 cm³/mol. The maximum absolute atomic E-state index is 0. The summed E-state index contributed by atoms with van der Waals surface area (Å²) in [6.07, 6.45) is 0. The van der Waals surface area contributed by atoms with E-state index in [9.17, 15) is 0 Å². The summed E-state index contributed by atoms with van der Waals surface area (Å²) in [6.45, 7) is 0. The van der Waals surface area contributed by atoms with Crippen LogP contribution in [0, 0.1) is 0 Å². The van der Waals surface area contributed by atoms with Crippen molar-refractivity contribution in [3.05, 3.63) is 0 Å². The fraction of sp³-hybridized carbons (Fsp3) is 0. The van der Waals surface area contributed by atoms with Crippen LogP contribution in [0.4, 0.5) is 0 Å². The number of rotatable bonds is 0. The van der Waals surface area contributed by atoms with Crippen LogP contribution in [0.15, 0.2) is 0 Å². The molecule has 0 fully saturated rings. The summed E-state index contributed by atoms with van der Waals surface area (Å²) in [5, 5.41) is 0. The fourth-order valence-electron chi connectivity index (χ4n) is 0. The van der Waals surface area contributed by atoms with Gasteiger partial charge in [-0.05, 0) is 0 Å². The Morgan fingerprint density at radius 3 is 1.17 bits per heavy atom. The summed E-state index contributed by atoms with van der Waals surface area (Å²) in [6, 6.07) is 0. The minimum Gasteiger partial charge on any atom is -1.00 e. The van der Waals surface area contributed by atoms with Gasteiger partial charge in [0.25, 0.3) is 0 Å². The molecule has 0 aliphatic heterocycles. The van der Waals surface area contributed by atoms with Gasteiger partial charge in [-0.25, -0.2) is 0 Å². The fourth-order valence-corrected chi connectivity index (χ4v) is 0. The monoisotopic (exact) mass is 363 g/mol. The second-order valence-corrected chi connectivity index (χ2v) is 0. The summed E-state index contributed by atoms with van der Waals surface area (Å²) in [7, 11) is 0. The topological polar surface area (TPSA) is 0 Å². The summed E-state index contributed by atoms with van der Waals surface area (Å²) in [5.74, 6) is 0. The van der Waals surface area contributed by atoms with Crippen LogP contribution in [-0.4, -0.2) is 10.1 Å². The van der Waals surface area contributed by atoms with Crippen molar-refractivity contribution in [2.75, 3.05) is 0 Å². The van der Waals surface area contributed by atoms with E-state index in [0.29, 0.717) is 0 Å². The first-order valence-electron chi connectivity index (χ1n) is 0. The van der Waals surface area contributed by atoms with Crippen LogP contribution in [0.3, 0.4) is 0 Å². The third-order valence-corrected chi connectivity index (χ3v) is 0. The predicted octanol–water partition coefficient (Wildman–Crippen LogP) is -0.168. The summed E-state index contributed by atoms with van der Waals surface area (Å²) >= 11 is 0. The molecule has 0 saturated carbocycles. The molecule has 6 heavy (non-hydrogen) atoms. The molecular formula is H2BeCuNbNiTiZr. The van der Waals surface area contributed by atoms with Crippen LogP contribution < -0.4 is 0 Å². The van der Waals surface area contributed by atoms with Gasteiger partial charge in [-0.2, -0.15) is 0 Å². The molecule has 0 aromatic heterocycles. The van der Waals surface area contributed by atoms with Gasteiger partial charge in [0.2, 0.25) is 0 Å². The van der Waals surface area contributed by atoms with Gasteiger partial charge in [0.15, 0.2) is 0 Å². The molecule has 0 aromatic carbocycles. The molecule has 0 aliphatic rings. The molecule has 0 saturated heterocycles. The van der Waals surface area contributed by atoms with Crippen LogP contribution in [0.2, 0.25) is 0 Å². The minimum absolute atomic E-state index is 0. The standard InChI is InChI=1S/Be.Cu.Nb.Ni.Ti.Zr.2H/q+2;;;;;;2*-1. The first kappa shape index (κ1) is 55.8. The van der Waals surface area contributed by atoms with Crippen molar-refractivity contribution in [3.63, 3.8) is 0 Å².